The molecule has 1 heteroatoms. The fraction of sp³-hybridized carbons (Fsp3) is 0.750. The summed E-state index contributed by atoms with van der Waals surface area (Å²) in [6, 6.07) is 0. The van der Waals surface area contributed by atoms with Crippen LogP contribution in [0.4, 0.5) is 0 Å². The molecule has 0 saturated carbocycles. The lowest BCUT2D eigenvalue weighted by Crippen LogP contribution is -2.06. The van der Waals surface area contributed by atoms with E-state index in [1.54, 1.807) is 0 Å². The summed E-state index contributed by atoms with van der Waals surface area (Å²) in [6.45, 7) is 3.00. The molecule has 0 saturated heterocycles. The van der Waals surface area contributed by atoms with E-state index in [4.69, 9.17) is 0 Å². The maximum absolute atomic E-state index is 3.10. The van der Waals surface area contributed by atoms with Gasteiger partial charge in [0, 0.05) is 6.42 Å². The van der Waals surface area contributed by atoms with Gasteiger partial charge in [-0.1, -0.05) is 0 Å². The SMILES string of the molecule is CC#CCCCCNC. The predicted molar refractivity (Wildman–Crippen MR) is 41.2 cm³/mol. The third-order valence-corrected chi connectivity index (χ3v) is 1.16. The lowest BCUT2D eigenvalue weighted by atomic mass is 10.2. The van der Waals surface area contributed by atoms with E-state index in [1.807, 2.05) is 14.0 Å². The first-order chi connectivity index (χ1) is 4.41. The number of nitrogens with one attached hydrogen (secondary N) is 1. The van der Waals surface area contributed by atoms with Crippen molar-refractivity contribution < 1.29 is 0 Å². The Balaban J connectivity index is 2.80. The van der Waals surface area contributed by atoms with E-state index in [0.717, 1.165) is 13.0 Å². The van der Waals surface area contributed by atoms with Gasteiger partial charge in [-0.2, -0.15) is 0 Å². The molecular weight excluding hydrogens is 110 g/mol. The van der Waals surface area contributed by atoms with Crippen LogP contribution in [0, 0.1) is 11.8 Å². The molecule has 1 nitrogen and oxygen atoms in total. The van der Waals surface area contributed by atoms with Gasteiger partial charge in [0.05, 0.1) is 0 Å². The van der Waals surface area contributed by atoms with Crippen LogP contribution >= 0.6 is 0 Å². The van der Waals surface area contributed by atoms with E-state index < -0.39 is 0 Å². The van der Waals surface area contributed by atoms with Gasteiger partial charge < -0.3 is 5.32 Å². The summed E-state index contributed by atoms with van der Waals surface area (Å²) < 4.78 is 0. The van der Waals surface area contributed by atoms with Gasteiger partial charge in [-0.3, -0.25) is 0 Å². The lowest BCUT2D eigenvalue weighted by Gasteiger charge is -1.93. The number of hydrogen-bond acceptors (Lipinski definition) is 1. The van der Waals surface area contributed by atoms with Crippen molar-refractivity contribution in [1.29, 1.82) is 0 Å². The predicted octanol–water partition coefficient (Wildman–Crippen LogP) is 1.40. The zero-order valence-corrected chi connectivity index (χ0v) is 6.33. The summed E-state index contributed by atoms with van der Waals surface area (Å²) in [5.41, 5.74) is 0. The van der Waals surface area contributed by atoms with Crippen molar-refractivity contribution in [2.24, 2.45) is 0 Å². The summed E-state index contributed by atoms with van der Waals surface area (Å²) in [4.78, 5) is 0. The van der Waals surface area contributed by atoms with Crippen molar-refractivity contribution >= 4 is 0 Å². The second-order valence-electron chi connectivity index (χ2n) is 1.99. The minimum Gasteiger partial charge on any atom is -0.320 e. The van der Waals surface area contributed by atoms with Gasteiger partial charge in [0.2, 0.25) is 0 Å². The number of hydrogen-bond donors (Lipinski definition) is 1. The Morgan fingerprint density at radius 3 is 2.67 bits per heavy atom. The molecule has 0 aromatic rings. The summed E-state index contributed by atoms with van der Waals surface area (Å²) in [5.74, 6) is 5.90. The highest BCUT2D eigenvalue weighted by Crippen LogP contribution is 1.90. The second kappa shape index (κ2) is 7.52. The van der Waals surface area contributed by atoms with Gasteiger partial charge in [-0.25, -0.2) is 0 Å². The summed E-state index contributed by atoms with van der Waals surface area (Å²) >= 11 is 0. The topological polar surface area (TPSA) is 12.0 Å². The van der Waals surface area contributed by atoms with Gasteiger partial charge in [0.15, 0.2) is 0 Å². The maximum Gasteiger partial charge on any atom is 0.00890 e. The molecule has 0 aliphatic carbocycles. The Hall–Kier alpha value is -0.480. The molecule has 0 unspecified atom stereocenters. The second-order valence-corrected chi connectivity index (χ2v) is 1.99. The maximum atomic E-state index is 3.10. The van der Waals surface area contributed by atoms with E-state index in [9.17, 15) is 0 Å². The van der Waals surface area contributed by atoms with E-state index in [1.165, 1.54) is 12.8 Å². The van der Waals surface area contributed by atoms with Crippen LogP contribution in [0.15, 0.2) is 0 Å². The molecular formula is C8H15N. The smallest absolute Gasteiger partial charge is 0.00890 e. The molecule has 0 aliphatic rings. The van der Waals surface area contributed by atoms with E-state index in [0.29, 0.717) is 0 Å². The first-order valence-corrected chi connectivity index (χ1v) is 3.46. The molecule has 0 spiro atoms. The van der Waals surface area contributed by atoms with Gasteiger partial charge in [0.1, 0.15) is 0 Å². The van der Waals surface area contributed by atoms with Crippen LogP contribution < -0.4 is 5.32 Å². The Morgan fingerprint density at radius 2 is 2.11 bits per heavy atom. The third kappa shape index (κ3) is 7.52. The monoisotopic (exact) mass is 125 g/mol. The van der Waals surface area contributed by atoms with E-state index >= 15 is 0 Å². The molecule has 0 aromatic heterocycles. The van der Waals surface area contributed by atoms with Crippen molar-refractivity contribution in [3.8, 4) is 11.8 Å². The molecule has 0 amide bonds. The molecule has 0 aliphatic heterocycles. The molecule has 0 bridgehead atoms. The largest absolute Gasteiger partial charge is 0.320 e. The Bertz CT molecular complexity index is 96.9. The summed E-state index contributed by atoms with van der Waals surface area (Å²) in [5, 5.41) is 3.10. The molecule has 0 aromatic carbocycles. The van der Waals surface area contributed by atoms with Crippen molar-refractivity contribution in [2.45, 2.75) is 26.2 Å². The lowest BCUT2D eigenvalue weighted by molar-refractivity contribution is 0.689. The van der Waals surface area contributed by atoms with Gasteiger partial charge in [-0.05, 0) is 33.4 Å². The summed E-state index contributed by atoms with van der Waals surface area (Å²) in [6.07, 6.45) is 3.52. The number of rotatable bonds is 4. The van der Waals surface area contributed by atoms with Crippen molar-refractivity contribution in [3.63, 3.8) is 0 Å². The Kier molecular flexibility index (Phi) is 7.12. The minimum atomic E-state index is 1.05. The highest BCUT2D eigenvalue weighted by molar-refractivity contribution is 4.94. The Labute approximate surface area is 57.8 Å². The standard InChI is InChI=1S/C8H15N/c1-3-4-5-6-7-8-9-2/h9H,5-8H2,1-2H3. The van der Waals surface area contributed by atoms with Gasteiger partial charge in [0.25, 0.3) is 0 Å². The van der Waals surface area contributed by atoms with Gasteiger partial charge in [-0.15, -0.1) is 11.8 Å². The number of unbranched alkanes of at least 4 members (excludes halogenated alkanes) is 2. The normalized spacial score (nSPS) is 8.22. The molecule has 9 heavy (non-hydrogen) atoms. The first kappa shape index (κ1) is 8.52. The van der Waals surface area contributed by atoms with Crippen molar-refractivity contribution in [2.75, 3.05) is 13.6 Å². The van der Waals surface area contributed by atoms with Crippen LogP contribution in [0.5, 0.6) is 0 Å². The molecule has 0 atom stereocenters. The quantitative estimate of drug-likeness (QED) is 0.442. The van der Waals surface area contributed by atoms with Crippen LogP contribution in [-0.2, 0) is 0 Å². The molecule has 0 fully saturated rings. The fourth-order valence-electron chi connectivity index (χ4n) is 0.640. The molecule has 0 rings (SSSR count). The highest BCUT2D eigenvalue weighted by atomic mass is 14.8. The highest BCUT2D eigenvalue weighted by Gasteiger charge is 1.81. The van der Waals surface area contributed by atoms with Crippen LogP contribution in [0.25, 0.3) is 0 Å². The third-order valence-electron chi connectivity index (χ3n) is 1.16. The molecule has 0 heterocycles. The zero-order chi connectivity index (χ0) is 6.95. The zero-order valence-electron chi connectivity index (χ0n) is 6.33. The van der Waals surface area contributed by atoms with Crippen LogP contribution in [0.2, 0.25) is 0 Å². The average molecular weight is 125 g/mol. The van der Waals surface area contributed by atoms with Crippen LogP contribution in [0.3, 0.4) is 0 Å². The van der Waals surface area contributed by atoms with Crippen LogP contribution in [0.1, 0.15) is 26.2 Å². The average Bonchev–Trinajstić information content (AvgIpc) is 1.89. The Morgan fingerprint density at radius 1 is 1.33 bits per heavy atom. The first-order valence-electron chi connectivity index (χ1n) is 3.46. The van der Waals surface area contributed by atoms with Crippen LogP contribution in [-0.4, -0.2) is 13.6 Å². The van der Waals surface area contributed by atoms with Crippen molar-refractivity contribution in [1.82, 2.24) is 5.32 Å². The van der Waals surface area contributed by atoms with E-state index in [2.05, 4.69) is 17.2 Å². The molecule has 52 valence electrons. The molecule has 1 N–H and O–H groups in total. The minimum absolute atomic E-state index is 1.05. The van der Waals surface area contributed by atoms with E-state index in [-0.39, 0.29) is 0 Å². The molecule has 0 radical (unpaired) electrons. The van der Waals surface area contributed by atoms with Gasteiger partial charge >= 0.3 is 0 Å². The van der Waals surface area contributed by atoms with Crippen molar-refractivity contribution in [3.05, 3.63) is 0 Å². The fourth-order valence-corrected chi connectivity index (χ4v) is 0.640. The summed E-state index contributed by atoms with van der Waals surface area (Å²) in [7, 11) is 1.98.